The highest BCUT2D eigenvalue weighted by Gasteiger charge is 2.17. The van der Waals surface area contributed by atoms with E-state index in [0.717, 1.165) is 12.0 Å². The minimum absolute atomic E-state index is 0.00153. The van der Waals surface area contributed by atoms with Crippen LogP contribution in [0.15, 0.2) is 30.3 Å². The molecule has 0 heterocycles. The second-order valence-electron chi connectivity index (χ2n) is 3.29. The molecule has 1 N–H and O–H groups in total. The molecule has 0 bridgehead atoms. The third kappa shape index (κ3) is 3.14. The molecule has 2 heteroatoms. The van der Waals surface area contributed by atoms with Gasteiger partial charge in [-0.05, 0) is 12.0 Å². The van der Waals surface area contributed by atoms with E-state index in [0.29, 0.717) is 6.54 Å². The Bertz CT molecular complexity index is 351. The van der Waals surface area contributed by atoms with Gasteiger partial charge in [0.05, 0.1) is 12.5 Å². The van der Waals surface area contributed by atoms with Crippen molar-refractivity contribution in [3.8, 4) is 12.3 Å². The third-order valence-electron chi connectivity index (χ3n) is 2.29. The van der Waals surface area contributed by atoms with Crippen molar-refractivity contribution in [1.82, 2.24) is 5.32 Å². The molecule has 1 rings (SSSR count). The van der Waals surface area contributed by atoms with E-state index in [1.54, 1.807) is 0 Å². The molecule has 1 atom stereocenters. The summed E-state index contributed by atoms with van der Waals surface area (Å²) in [4.78, 5) is 11.7. The fourth-order valence-electron chi connectivity index (χ4n) is 1.52. The Kier molecular flexibility index (Phi) is 4.43. The van der Waals surface area contributed by atoms with Crippen LogP contribution in [0.2, 0.25) is 0 Å². The third-order valence-corrected chi connectivity index (χ3v) is 2.29. The Balaban J connectivity index is 2.72. The van der Waals surface area contributed by atoms with Gasteiger partial charge in [0.15, 0.2) is 0 Å². The smallest absolute Gasteiger partial charge is 0.228 e. The molecule has 0 saturated heterocycles. The molecule has 0 radical (unpaired) electrons. The predicted octanol–water partition coefficient (Wildman–Crippen LogP) is 1.93. The molecule has 15 heavy (non-hydrogen) atoms. The van der Waals surface area contributed by atoms with Gasteiger partial charge in [-0.2, -0.15) is 0 Å². The molecular formula is C13H15NO. The average molecular weight is 201 g/mol. The van der Waals surface area contributed by atoms with E-state index in [1.807, 2.05) is 37.3 Å². The van der Waals surface area contributed by atoms with Gasteiger partial charge < -0.3 is 5.32 Å². The summed E-state index contributed by atoms with van der Waals surface area (Å²) < 4.78 is 0. The fourth-order valence-corrected chi connectivity index (χ4v) is 1.52. The molecule has 1 aromatic carbocycles. The van der Waals surface area contributed by atoms with Gasteiger partial charge in [0, 0.05) is 0 Å². The van der Waals surface area contributed by atoms with Crippen LogP contribution in [-0.2, 0) is 4.79 Å². The highest BCUT2D eigenvalue weighted by Crippen LogP contribution is 2.18. The molecule has 0 aliphatic heterocycles. The zero-order chi connectivity index (χ0) is 11.1. The van der Waals surface area contributed by atoms with Crippen LogP contribution in [0.5, 0.6) is 0 Å². The van der Waals surface area contributed by atoms with Crippen LogP contribution in [0.4, 0.5) is 0 Å². The lowest BCUT2D eigenvalue weighted by molar-refractivity contribution is -0.122. The number of nitrogens with one attached hydrogen (secondary N) is 1. The number of hydrogen-bond acceptors (Lipinski definition) is 1. The first kappa shape index (κ1) is 11.3. The molecule has 1 amide bonds. The van der Waals surface area contributed by atoms with E-state index in [2.05, 4.69) is 11.2 Å². The quantitative estimate of drug-likeness (QED) is 0.741. The Morgan fingerprint density at radius 3 is 2.67 bits per heavy atom. The molecule has 1 aromatic rings. The van der Waals surface area contributed by atoms with Crippen molar-refractivity contribution in [3.05, 3.63) is 35.9 Å². The molecule has 78 valence electrons. The molecule has 1 unspecified atom stereocenters. The number of amides is 1. The maximum atomic E-state index is 11.7. The first-order valence-electron chi connectivity index (χ1n) is 5.05. The van der Waals surface area contributed by atoms with Crippen LogP contribution in [-0.4, -0.2) is 12.5 Å². The summed E-state index contributed by atoms with van der Waals surface area (Å²) in [6.45, 7) is 2.29. The van der Waals surface area contributed by atoms with Crippen LogP contribution < -0.4 is 5.32 Å². The normalized spacial score (nSPS) is 11.5. The first-order valence-corrected chi connectivity index (χ1v) is 5.05. The van der Waals surface area contributed by atoms with Crippen molar-refractivity contribution in [2.24, 2.45) is 0 Å². The summed E-state index contributed by atoms with van der Waals surface area (Å²) in [5, 5.41) is 2.71. The summed E-state index contributed by atoms with van der Waals surface area (Å²) in [5.74, 6) is 2.30. The van der Waals surface area contributed by atoms with E-state index in [-0.39, 0.29) is 11.8 Å². The molecule has 0 spiro atoms. The molecule has 0 saturated carbocycles. The topological polar surface area (TPSA) is 29.1 Å². The van der Waals surface area contributed by atoms with Gasteiger partial charge in [-0.25, -0.2) is 0 Å². The monoisotopic (exact) mass is 201 g/mol. The summed E-state index contributed by atoms with van der Waals surface area (Å²) in [7, 11) is 0. The Labute approximate surface area is 90.7 Å². The number of rotatable bonds is 4. The van der Waals surface area contributed by atoms with E-state index < -0.39 is 0 Å². The van der Waals surface area contributed by atoms with Crippen molar-refractivity contribution in [2.75, 3.05) is 6.54 Å². The predicted molar refractivity (Wildman–Crippen MR) is 61.3 cm³/mol. The van der Waals surface area contributed by atoms with Gasteiger partial charge in [-0.3, -0.25) is 4.79 Å². The van der Waals surface area contributed by atoms with E-state index in [1.165, 1.54) is 0 Å². The van der Waals surface area contributed by atoms with Crippen molar-refractivity contribution in [3.63, 3.8) is 0 Å². The fraction of sp³-hybridized carbons (Fsp3) is 0.308. The van der Waals surface area contributed by atoms with Crippen molar-refractivity contribution in [1.29, 1.82) is 0 Å². The lowest BCUT2D eigenvalue weighted by atomic mass is 9.96. The van der Waals surface area contributed by atoms with E-state index >= 15 is 0 Å². The van der Waals surface area contributed by atoms with Gasteiger partial charge in [0.1, 0.15) is 0 Å². The molecule has 0 aliphatic rings. The minimum atomic E-state index is -0.0976. The molecule has 0 fully saturated rings. The largest absolute Gasteiger partial charge is 0.345 e. The second kappa shape index (κ2) is 5.87. The molecule has 0 aromatic heterocycles. The van der Waals surface area contributed by atoms with Crippen molar-refractivity contribution in [2.45, 2.75) is 19.3 Å². The highest BCUT2D eigenvalue weighted by atomic mass is 16.1. The number of carbonyl (C=O) groups excluding carboxylic acids is 1. The Morgan fingerprint density at radius 1 is 1.47 bits per heavy atom. The number of carbonyl (C=O) groups is 1. The summed E-state index contributed by atoms with van der Waals surface area (Å²) in [6, 6.07) is 9.74. The van der Waals surface area contributed by atoms with Crippen molar-refractivity contribution < 1.29 is 4.79 Å². The van der Waals surface area contributed by atoms with Crippen LogP contribution >= 0.6 is 0 Å². The molecule has 0 aliphatic carbocycles. The number of hydrogen-bond donors (Lipinski definition) is 1. The van der Waals surface area contributed by atoms with Gasteiger partial charge >= 0.3 is 0 Å². The zero-order valence-electron chi connectivity index (χ0n) is 8.86. The first-order chi connectivity index (χ1) is 7.29. The standard InChI is InChI=1S/C13H15NO/c1-3-10-14-13(15)12(4-2)11-8-6-5-7-9-11/h1,5-9,12H,4,10H2,2H3,(H,14,15). The minimum Gasteiger partial charge on any atom is -0.345 e. The SMILES string of the molecule is C#CCNC(=O)C(CC)c1ccccc1. The average Bonchev–Trinajstić information content (AvgIpc) is 2.29. The summed E-state index contributed by atoms with van der Waals surface area (Å²) in [5.41, 5.74) is 1.04. The van der Waals surface area contributed by atoms with Gasteiger partial charge in [-0.15, -0.1) is 6.42 Å². The molecule has 2 nitrogen and oxygen atoms in total. The molecular weight excluding hydrogens is 186 g/mol. The zero-order valence-corrected chi connectivity index (χ0v) is 8.86. The number of terminal acetylenes is 1. The van der Waals surface area contributed by atoms with Gasteiger partial charge in [-0.1, -0.05) is 43.2 Å². The van der Waals surface area contributed by atoms with E-state index in [9.17, 15) is 4.79 Å². The van der Waals surface area contributed by atoms with Gasteiger partial charge in [0.2, 0.25) is 5.91 Å². The Morgan fingerprint density at radius 2 is 2.13 bits per heavy atom. The van der Waals surface area contributed by atoms with Crippen molar-refractivity contribution >= 4 is 5.91 Å². The van der Waals surface area contributed by atoms with Gasteiger partial charge in [0.25, 0.3) is 0 Å². The Hall–Kier alpha value is -1.75. The summed E-state index contributed by atoms with van der Waals surface area (Å²) in [6.07, 6.45) is 5.87. The maximum Gasteiger partial charge on any atom is 0.228 e. The lowest BCUT2D eigenvalue weighted by Crippen LogP contribution is -2.29. The van der Waals surface area contributed by atoms with Crippen LogP contribution in [0.3, 0.4) is 0 Å². The number of benzene rings is 1. The van der Waals surface area contributed by atoms with Crippen LogP contribution in [0.25, 0.3) is 0 Å². The summed E-state index contributed by atoms with van der Waals surface area (Å²) >= 11 is 0. The second-order valence-corrected chi connectivity index (χ2v) is 3.29. The van der Waals surface area contributed by atoms with Crippen LogP contribution in [0.1, 0.15) is 24.8 Å². The van der Waals surface area contributed by atoms with E-state index in [4.69, 9.17) is 6.42 Å². The highest BCUT2D eigenvalue weighted by molar-refractivity contribution is 5.83. The van der Waals surface area contributed by atoms with Crippen LogP contribution in [0, 0.1) is 12.3 Å². The lowest BCUT2D eigenvalue weighted by Gasteiger charge is -2.13. The maximum absolute atomic E-state index is 11.7.